The lowest BCUT2D eigenvalue weighted by atomic mass is 10.3. The SMILES string of the molecule is Nc1cccc(Br)c1.Nc1cccc(Br)c1.O=S(=O)(O)O. The molecule has 0 fully saturated rings. The van der Waals surface area contributed by atoms with Gasteiger partial charge in [0.15, 0.2) is 0 Å². The molecule has 0 saturated carbocycles. The Kier molecular flexibility index (Phi) is 9.22. The highest BCUT2D eigenvalue weighted by Crippen LogP contribution is 2.12. The predicted molar refractivity (Wildman–Crippen MR) is 91.3 cm³/mol. The van der Waals surface area contributed by atoms with Gasteiger partial charge in [0.1, 0.15) is 0 Å². The van der Waals surface area contributed by atoms with Crippen molar-refractivity contribution in [3.05, 3.63) is 57.5 Å². The first-order valence-corrected chi connectivity index (χ1v) is 8.28. The normalized spacial score (nSPS) is 9.71. The first-order chi connectivity index (χ1) is 9.58. The lowest BCUT2D eigenvalue weighted by Gasteiger charge is -1.89. The average molecular weight is 442 g/mol. The Morgan fingerprint density at radius 1 is 0.810 bits per heavy atom. The Morgan fingerprint density at radius 3 is 1.24 bits per heavy atom. The number of hydrogen-bond donors (Lipinski definition) is 4. The second-order valence-corrected chi connectivity index (χ2v) is 6.28. The van der Waals surface area contributed by atoms with Crippen molar-refractivity contribution < 1.29 is 17.5 Å². The second kappa shape index (κ2) is 9.74. The monoisotopic (exact) mass is 440 g/mol. The zero-order chi connectivity index (χ0) is 16.5. The summed E-state index contributed by atoms with van der Waals surface area (Å²) in [4.78, 5) is 0. The van der Waals surface area contributed by atoms with E-state index in [1.807, 2.05) is 48.5 Å². The largest absolute Gasteiger partial charge is 0.399 e. The van der Waals surface area contributed by atoms with Crippen molar-refractivity contribution in [2.75, 3.05) is 11.5 Å². The molecule has 9 heteroatoms. The topological polar surface area (TPSA) is 127 Å². The molecule has 0 atom stereocenters. The van der Waals surface area contributed by atoms with Crippen LogP contribution in [0.25, 0.3) is 0 Å². The van der Waals surface area contributed by atoms with E-state index in [4.69, 9.17) is 29.0 Å². The molecule has 0 unspecified atom stereocenters. The van der Waals surface area contributed by atoms with E-state index in [-0.39, 0.29) is 0 Å². The molecular formula is C12H14Br2N2O4S. The smallest absolute Gasteiger partial charge is 0.394 e. The summed E-state index contributed by atoms with van der Waals surface area (Å²) in [5.41, 5.74) is 12.4. The molecule has 0 heterocycles. The van der Waals surface area contributed by atoms with Gasteiger partial charge in [0.05, 0.1) is 0 Å². The van der Waals surface area contributed by atoms with E-state index in [0.29, 0.717) is 0 Å². The highest BCUT2D eigenvalue weighted by Gasteiger charge is 1.85. The summed E-state index contributed by atoms with van der Waals surface area (Å²) in [6, 6.07) is 15.1. The molecule has 2 rings (SSSR count). The van der Waals surface area contributed by atoms with Gasteiger partial charge in [0.2, 0.25) is 0 Å². The minimum atomic E-state index is -4.67. The molecule has 0 amide bonds. The lowest BCUT2D eigenvalue weighted by Crippen LogP contribution is -1.89. The number of hydrogen-bond acceptors (Lipinski definition) is 4. The number of nitrogen functional groups attached to an aromatic ring is 2. The number of benzene rings is 2. The Morgan fingerprint density at radius 2 is 1.10 bits per heavy atom. The van der Waals surface area contributed by atoms with Gasteiger partial charge in [-0.05, 0) is 36.4 Å². The summed E-state index contributed by atoms with van der Waals surface area (Å²) in [5.74, 6) is 0. The Bertz CT molecular complexity index is 580. The molecule has 0 aliphatic carbocycles. The van der Waals surface area contributed by atoms with E-state index in [0.717, 1.165) is 20.3 Å². The number of rotatable bonds is 0. The fourth-order valence-corrected chi connectivity index (χ4v) is 1.85. The molecule has 6 nitrogen and oxygen atoms in total. The van der Waals surface area contributed by atoms with E-state index < -0.39 is 10.4 Å². The molecule has 0 aliphatic rings. The third kappa shape index (κ3) is 15.1. The minimum absolute atomic E-state index is 0.791. The summed E-state index contributed by atoms with van der Waals surface area (Å²) in [6.07, 6.45) is 0. The van der Waals surface area contributed by atoms with E-state index in [9.17, 15) is 0 Å². The van der Waals surface area contributed by atoms with Crippen LogP contribution < -0.4 is 11.5 Å². The number of anilines is 2. The third-order valence-corrected chi connectivity index (χ3v) is 2.68. The summed E-state index contributed by atoms with van der Waals surface area (Å²) >= 11 is 6.56. The second-order valence-electron chi connectivity index (χ2n) is 3.56. The maximum atomic E-state index is 8.74. The molecular weight excluding hydrogens is 428 g/mol. The van der Waals surface area contributed by atoms with Crippen LogP contribution in [0.4, 0.5) is 11.4 Å². The maximum Gasteiger partial charge on any atom is 0.394 e. The molecule has 0 saturated heterocycles. The van der Waals surface area contributed by atoms with Crippen LogP contribution in [0.5, 0.6) is 0 Å². The Hall–Kier alpha value is -1.13. The molecule has 6 N–H and O–H groups in total. The number of nitrogens with two attached hydrogens (primary N) is 2. The van der Waals surface area contributed by atoms with E-state index in [1.54, 1.807) is 0 Å². The Balaban J connectivity index is 0.000000296. The van der Waals surface area contributed by atoms with E-state index in [2.05, 4.69) is 31.9 Å². The van der Waals surface area contributed by atoms with E-state index in [1.165, 1.54) is 0 Å². The quantitative estimate of drug-likeness (QED) is 0.366. The fourth-order valence-electron chi connectivity index (χ4n) is 1.01. The zero-order valence-electron chi connectivity index (χ0n) is 10.6. The average Bonchev–Trinajstić information content (AvgIpc) is 2.26. The fraction of sp³-hybridized carbons (Fsp3) is 0. The summed E-state index contributed by atoms with van der Waals surface area (Å²) in [7, 11) is -4.67. The van der Waals surface area contributed by atoms with Crippen LogP contribution in [0.1, 0.15) is 0 Å². The maximum absolute atomic E-state index is 8.74. The molecule has 2 aromatic carbocycles. The first kappa shape index (κ1) is 19.9. The molecule has 2 aromatic rings. The van der Waals surface area contributed by atoms with Gasteiger partial charge in [-0.2, -0.15) is 8.42 Å². The zero-order valence-corrected chi connectivity index (χ0v) is 14.6. The van der Waals surface area contributed by atoms with E-state index >= 15 is 0 Å². The molecule has 0 spiro atoms. The van der Waals surface area contributed by atoms with Crippen molar-refractivity contribution in [1.82, 2.24) is 0 Å². The summed E-state index contributed by atoms with van der Waals surface area (Å²) in [6.45, 7) is 0. The van der Waals surface area contributed by atoms with Gasteiger partial charge in [-0.25, -0.2) is 0 Å². The van der Waals surface area contributed by atoms with Gasteiger partial charge in [0.25, 0.3) is 0 Å². The molecule has 0 aliphatic heterocycles. The Labute approximate surface area is 140 Å². The molecule has 0 aromatic heterocycles. The van der Waals surface area contributed by atoms with Crippen LogP contribution in [-0.2, 0) is 10.4 Å². The van der Waals surface area contributed by atoms with Crippen molar-refractivity contribution in [3.63, 3.8) is 0 Å². The van der Waals surface area contributed by atoms with Crippen LogP contribution in [0, 0.1) is 0 Å². The summed E-state index contributed by atoms with van der Waals surface area (Å²) in [5, 5.41) is 0. The van der Waals surface area contributed by atoms with Crippen molar-refractivity contribution in [2.24, 2.45) is 0 Å². The van der Waals surface area contributed by atoms with Crippen LogP contribution in [-0.4, -0.2) is 17.5 Å². The van der Waals surface area contributed by atoms with Crippen molar-refractivity contribution >= 4 is 53.6 Å². The van der Waals surface area contributed by atoms with Crippen LogP contribution >= 0.6 is 31.9 Å². The van der Waals surface area contributed by atoms with Gasteiger partial charge in [-0.3, -0.25) is 9.11 Å². The number of halogens is 2. The summed E-state index contributed by atoms with van der Waals surface area (Å²) < 4.78 is 33.6. The molecule has 0 radical (unpaired) electrons. The first-order valence-electron chi connectivity index (χ1n) is 5.30. The van der Waals surface area contributed by atoms with Crippen molar-refractivity contribution in [2.45, 2.75) is 0 Å². The van der Waals surface area contributed by atoms with Crippen molar-refractivity contribution in [3.8, 4) is 0 Å². The minimum Gasteiger partial charge on any atom is -0.399 e. The van der Waals surface area contributed by atoms with Gasteiger partial charge < -0.3 is 11.5 Å². The van der Waals surface area contributed by atoms with Crippen molar-refractivity contribution in [1.29, 1.82) is 0 Å². The van der Waals surface area contributed by atoms with Crippen LogP contribution in [0.3, 0.4) is 0 Å². The lowest BCUT2D eigenvalue weighted by molar-refractivity contribution is 0.381. The molecule has 0 bridgehead atoms. The standard InChI is InChI=1S/2C6H6BrN.H2O4S/c2*7-5-2-1-3-6(8)4-5;1-5(2,3)4/h2*1-4H,8H2;(H2,1,2,3,4). The van der Waals surface area contributed by atoms with Gasteiger partial charge in [-0.15, -0.1) is 0 Å². The third-order valence-electron chi connectivity index (χ3n) is 1.70. The van der Waals surface area contributed by atoms with Crippen LogP contribution in [0.2, 0.25) is 0 Å². The van der Waals surface area contributed by atoms with Crippen LogP contribution in [0.15, 0.2) is 57.5 Å². The highest BCUT2D eigenvalue weighted by molar-refractivity contribution is 9.10. The van der Waals surface area contributed by atoms with Gasteiger partial charge in [0, 0.05) is 20.3 Å². The molecule has 21 heavy (non-hydrogen) atoms. The van der Waals surface area contributed by atoms with Gasteiger partial charge >= 0.3 is 10.4 Å². The highest BCUT2D eigenvalue weighted by atomic mass is 79.9. The predicted octanol–water partition coefficient (Wildman–Crippen LogP) is 3.41. The van der Waals surface area contributed by atoms with Gasteiger partial charge in [-0.1, -0.05) is 44.0 Å². The molecule has 116 valence electrons.